The third kappa shape index (κ3) is 3.62. The van der Waals surface area contributed by atoms with Gasteiger partial charge < -0.3 is 9.84 Å². The zero-order chi connectivity index (χ0) is 16.3. The third-order valence-corrected chi connectivity index (χ3v) is 5.92. The van der Waals surface area contributed by atoms with Crippen LogP contribution in [0.4, 0.5) is 0 Å². The highest BCUT2D eigenvalue weighted by atomic mass is 32.2. The largest absolute Gasteiger partial charge is 0.481 e. The summed E-state index contributed by atoms with van der Waals surface area (Å²) in [5.41, 5.74) is -0.237. The number of carbonyl (C=O) groups excluding carboxylic acids is 1. The fourth-order valence-corrected chi connectivity index (χ4v) is 4.81. The first-order valence-corrected chi connectivity index (χ1v) is 8.95. The summed E-state index contributed by atoms with van der Waals surface area (Å²) in [6.07, 6.45) is 1.74. The van der Waals surface area contributed by atoms with Crippen molar-refractivity contribution in [2.24, 2.45) is 5.92 Å². The molecule has 1 aliphatic rings. The number of aromatic nitrogens is 1. The summed E-state index contributed by atoms with van der Waals surface area (Å²) in [5.74, 6) is -2.08. The van der Waals surface area contributed by atoms with Gasteiger partial charge in [0.2, 0.25) is 10.0 Å². The Morgan fingerprint density at radius 1 is 1.36 bits per heavy atom. The van der Waals surface area contributed by atoms with Gasteiger partial charge in [-0.1, -0.05) is 0 Å². The van der Waals surface area contributed by atoms with E-state index in [0.29, 0.717) is 25.7 Å². The van der Waals surface area contributed by atoms with Gasteiger partial charge in [0.25, 0.3) is 0 Å². The molecule has 0 bridgehead atoms. The number of aliphatic carboxylic acids is 1. The van der Waals surface area contributed by atoms with Gasteiger partial charge in [-0.15, -0.1) is 0 Å². The van der Waals surface area contributed by atoms with Crippen LogP contribution in [0.1, 0.15) is 36.2 Å². The number of hydrogen-bond donors (Lipinski definition) is 2. The molecule has 1 fully saturated rings. The van der Waals surface area contributed by atoms with E-state index < -0.39 is 27.9 Å². The molecule has 10 heteroatoms. The van der Waals surface area contributed by atoms with Crippen LogP contribution < -0.4 is 4.72 Å². The number of methoxy groups -OCH3 is 1. The summed E-state index contributed by atoms with van der Waals surface area (Å²) in [7, 11) is -2.74. The molecule has 22 heavy (non-hydrogen) atoms. The molecular formula is C12H16N2O6S2. The molecule has 8 nitrogen and oxygen atoms in total. The molecule has 0 aliphatic heterocycles. The highest BCUT2D eigenvalue weighted by Gasteiger charge is 2.31. The molecule has 1 aromatic heterocycles. The summed E-state index contributed by atoms with van der Waals surface area (Å²) >= 11 is 0.855. The van der Waals surface area contributed by atoms with E-state index in [1.807, 2.05) is 0 Å². The Balaban J connectivity index is 2.08. The SMILES string of the molecule is COC(=O)c1nscc1S(=O)(=O)NC1CCC(C(=O)O)CC1. The minimum Gasteiger partial charge on any atom is -0.481 e. The maximum absolute atomic E-state index is 12.3. The van der Waals surface area contributed by atoms with E-state index >= 15 is 0 Å². The number of sulfonamides is 1. The van der Waals surface area contributed by atoms with Crippen molar-refractivity contribution < 1.29 is 27.9 Å². The van der Waals surface area contributed by atoms with Gasteiger partial charge in [-0.3, -0.25) is 4.79 Å². The molecule has 122 valence electrons. The molecule has 1 saturated carbocycles. The second-order valence-corrected chi connectivity index (χ2v) is 7.34. The van der Waals surface area contributed by atoms with Crippen molar-refractivity contribution in [1.29, 1.82) is 0 Å². The van der Waals surface area contributed by atoms with E-state index in [2.05, 4.69) is 13.8 Å². The van der Waals surface area contributed by atoms with Crippen molar-refractivity contribution >= 4 is 33.5 Å². The topological polar surface area (TPSA) is 123 Å². The monoisotopic (exact) mass is 348 g/mol. The Morgan fingerprint density at radius 3 is 2.55 bits per heavy atom. The lowest BCUT2D eigenvalue weighted by molar-refractivity contribution is -0.142. The van der Waals surface area contributed by atoms with Crippen molar-refractivity contribution in [3.63, 3.8) is 0 Å². The molecule has 0 unspecified atom stereocenters. The number of carboxylic acid groups (broad SMARTS) is 1. The van der Waals surface area contributed by atoms with E-state index in [9.17, 15) is 18.0 Å². The maximum Gasteiger partial charge on any atom is 0.359 e. The van der Waals surface area contributed by atoms with Crippen LogP contribution >= 0.6 is 11.5 Å². The van der Waals surface area contributed by atoms with E-state index in [-0.39, 0.29) is 16.6 Å². The number of esters is 1. The van der Waals surface area contributed by atoms with Gasteiger partial charge in [-0.25, -0.2) is 17.9 Å². The lowest BCUT2D eigenvalue weighted by atomic mass is 9.87. The Morgan fingerprint density at radius 2 is 2.00 bits per heavy atom. The Labute approximate surface area is 131 Å². The molecule has 1 aliphatic carbocycles. The van der Waals surface area contributed by atoms with Gasteiger partial charge in [0, 0.05) is 11.4 Å². The van der Waals surface area contributed by atoms with E-state index in [1.54, 1.807) is 0 Å². The average molecular weight is 348 g/mol. The molecule has 1 heterocycles. The van der Waals surface area contributed by atoms with Gasteiger partial charge in [-0.05, 0) is 37.2 Å². The quantitative estimate of drug-likeness (QED) is 0.756. The second kappa shape index (κ2) is 6.71. The first-order valence-electron chi connectivity index (χ1n) is 6.63. The summed E-state index contributed by atoms with van der Waals surface area (Å²) in [5, 5.41) is 10.2. The van der Waals surface area contributed by atoms with E-state index in [4.69, 9.17) is 5.11 Å². The second-order valence-electron chi connectivity index (χ2n) is 5.03. The van der Waals surface area contributed by atoms with Crippen molar-refractivity contribution in [3.05, 3.63) is 11.1 Å². The summed E-state index contributed by atoms with van der Waals surface area (Å²) in [6, 6.07) is -0.342. The standard InChI is InChI=1S/C12H16N2O6S2/c1-20-12(17)10-9(6-21-13-10)22(18,19)14-8-4-2-7(3-5-8)11(15)16/h6-8,14H,2-5H2,1H3,(H,15,16). The number of nitrogens with zero attached hydrogens (tertiary/aromatic N) is 1. The predicted molar refractivity (Wildman–Crippen MR) is 77.2 cm³/mol. The van der Waals surface area contributed by atoms with Gasteiger partial charge in [-0.2, -0.15) is 4.37 Å². The maximum atomic E-state index is 12.3. The molecule has 0 radical (unpaired) electrons. The number of carbonyl (C=O) groups is 2. The van der Waals surface area contributed by atoms with Crippen molar-refractivity contribution in [2.75, 3.05) is 7.11 Å². The van der Waals surface area contributed by atoms with Crippen molar-refractivity contribution in [2.45, 2.75) is 36.6 Å². The average Bonchev–Trinajstić information content (AvgIpc) is 2.97. The smallest absolute Gasteiger partial charge is 0.359 e. The molecule has 2 N–H and O–H groups in total. The number of hydrogen-bond acceptors (Lipinski definition) is 7. The molecule has 2 rings (SSSR count). The Bertz CT molecular complexity index is 661. The van der Waals surface area contributed by atoms with Crippen LogP contribution in [0, 0.1) is 5.92 Å². The van der Waals surface area contributed by atoms with Crippen molar-refractivity contribution in [3.8, 4) is 0 Å². The third-order valence-electron chi connectivity index (χ3n) is 3.60. The van der Waals surface area contributed by atoms with E-state index in [0.717, 1.165) is 18.6 Å². The highest BCUT2D eigenvalue weighted by molar-refractivity contribution is 7.89. The van der Waals surface area contributed by atoms with Crippen LogP contribution in [-0.4, -0.2) is 43.0 Å². The molecular weight excluding hydrogens is 332 g/mol. The zero-order valence-corrected chi connectivity index (χ0v) is 13.4. The Hall–Kier alpha value is -1.52. The first-order chi connectivity index (χ1) is 10.3. The number of nitrogens with one attached hydrogen (secondary N) is 1. The summed E-state index contributed by atoms with van der Waals surface area (Å²) < 4.78 is 35.5. The molecule has 0 atom stereocenters. The predicted octanol–water partition coefficient (Wildman–Crippen LogP) is 0.851. The fourth-order valence-electron chi connectivity index (χ4n) is 2.39. The Kier molecular flexibility index (Phi) is 5.14. The fraction of sp³-hybridized carbons (Fsp3) is 0.583. The molecule has 0 amide bonds. The van der Waals surface area contributed by atoms with Gasteiger partial charge in [0.05, 0.1) is 13.0 Å². The van der Waals surface area contributed by atoms with Crippen LogP contribution in [-0.2, 0) is 19.6 Å². The van der Waals surface area contributed by atoms with Crippen LogP contribution in [0.2, 0.25) is 0 Å². The van der Waals surface area contributed by atoms with Crippen LogP contribution in [0.15, 0.2) is 10.3 Å². The lowest BCUT2D eigenvalue weighted by Crippen LogP contribution is -2.39. The van der Waals surface area contributed by atoms with Crippen LogP contribution in [0.3, 0.4) is 0 Å². The van der Waals surface area contributed by atoms with E-state index in [1.165, 1.54) is 5.38 Å². The summed E-state index contributed by atoms with van der Waals surface area (Å²) in [6.45, 7) is 0. The minimum atomic E-state index is -3.89. The van der Waals surface area contributed by atoms with Crippen molar-refractivity contribution in [1.82, 2.24) is 9.10 Å². The lowest BCUT2D eigenvalue weighted by Gasteiger charge is -2.26. The number of carboxylic acids is 1. The van der Waals surface area contributed by atoms with Gasteiger partial charge in [0.15, 0.2) is 5.69 Å². The van der Waals surface area contributed by atoms with Gasteiger partial charge in [0.1, 0.15) is 4.90 Å². The minimum absolute atomic E-state index is 0.204. The first kappa shape index (κ1) is 16.8. The molecule has 0 saturated heterocycles. The highest BCUT2D eigenvalue weighted by Crippen LogP contribution is 2.26. The molecule has 0 aromatic carbocycles. The summed E-state index contributed by atoms with van der Waals surface area (Å²) in [4.78, 5) is 22.2. The normalized spacial score (nSPS) is 22.2. The van der Waals surface area contributed by atoms with Crippen LogP contribution in [0.25, 0.3) is 0 Å². The molecule has 1 aromatic rings. The number of ether oxygens (including phenoxy) is 1. The zero-order valence-electron chi connectivity index (χ0n) is 11.8. The molecule has 0 spiro atoms. The number of rotatable bonds is 5. The van der Waals surface area contributed by atoms with Crippen LogP contribution in [0.5, 0.6) is 0 Å². The van der Waals surface area contributed by atoms with Gasteiger partial charge >= 0.3 is 11.9 Å².